The van der Waals surface area contributed by atoms with E-state index < -0.39 is 88.5 Å². The minimum Gasteiger partial charge on any atom is -0.508 e. The first-order valence-corrected chi connectivity index (χ1v) is 34.9. The van der Waals surface area contributed by atoms with Gasteiger partial charge in [-0.2, -0.15) is 0 Å². The van der Waals surface area contributed by atoms with Gasteiger partial charge in [-0.3, -0.25) is 10.1 Å². The van der Waals surface area contributed by atoms with Gasteiger partial charge in [0.15, 0.2) is 5.43 Å². The van der Waals surface area contributed by atoms with E-state index in [1.165, 1.54) is 22.8 Å². The van der Waals surface area contributed by atoms with Gasteiger partial charge in [0.1, 0.15) is 69.9 Å². The lowest BCUT2D eigenvalue weighted by atomic mass is 9.54. The summed E-state index contributed by atoms with van der Waals surface area (Å²) in [7, 11) is 0. The predicted molar refractivity (Wildman–Crippen MR) is 352 cm³/mol. The number of nitrogens with two attached hydrogens (primary N) is 1. The molecule has 93 heavy (non-hydrogen) atoms. The molecule has 0 amide bonds. The summed E-state index contributed by atoms with van der Waals surface area (Å²) in [6, 6.07) is 13.1. The second-order valence-electron chi connectivity index (χ2n) is 31.1. The molecule has 16 nitrogen and oxygen atoms in total. The van der Waals surface area contributed by atoms with Crippen LogP contribution in [-0.2, 0) is 34.4 Å². The highest BCUT2D eigenvalue weighted by molar-refractivity contribution is 5.93. The van der Waals surface area contributed by atoms with Crippen LogP contribution in [0.15, 0.2) is 121 Å². The monoisotopic (exact) mass is 1260 g/mol. The molecule has 17 unspecified atom stereocenters. The van der Waals surface area contributed by atoms with Crippen LogP contribution in [0, 0.1) is 46.8 Å². The van der Waals surface area contributed by atoms with Crippen LogP contribution in [0.3, 0.4) is 0 Å². The molecule has 0 radical (unpaired) electrons. The Morgan fingerprint density at radius 1 is 0.978 bits per heavy atom. The molecule has 13 aliphatic rings. The lowest BCUT2D eigenvalue weighted by Gasteiger charge is -2.55. The van der Waals surface area contributed by atoms with Crippen LogP contribution in [0.25, 0.3) is 11.0 Å². The van der Waals surface area contributed by atoms with E-state index in [1.807, 2.05) is 19.1 Å². The second-order valence-corrected chi connectivity index (χ2v) is 31.1. The molecule has 5 aliphatic heterocycles. The lowest BCUT2D eigenvalue weighted by molar-refractivity contribution is -0.173. The number of aromatic hydroxyl groups is 2. The molecule has 3 aromatic carbocycles. The minimum atomic E-state index is -1.63. The van der Waals surface area contributed by atoms with Gasteiger partial charge >= 0.3 is 5.97 Å². The Balaban J connectivity index is 0.902. The number of fused-ring (bicyclic) bond motifs is 12. The van der Waals surface area contributed by atoms with E-state index >= 15 is 4.79 Å². The third-order valence-corrected chi connectivity index (χ3v) is 26.0. The van der Waals surface area contributed by atoms with Crippen LogP contribution < -0.4 is 31.8 Å². The molecule has 4 aromatic rings. The molecule has 0 saturated heterocycles. The number of aliphatic hydroxyl groups is 5. The first-order chi connectivity index (χ1) is 44.7. The van der Waals surface area contributed by atoms with Crippen molar-refractivity contribution in [1.82, 2.24) is 16.0 Å². The van der Waals surface area contributed by atoms with E-state index in [9.17, 15) is 40.5 Å². The van der Waals surface area contributed by atoms with Crippen molar-refractivity contribution >= 4 is 16.9 Å². The molecule has 4 saturated carbocycles. The Morgan fingerprint density at radius 2 is 1.78 bits per heavy atom. The minimum absolute atomic E-state index is 0.00906. The topological polar surface area (TPSA) is 269 Å². The summed E-state index contributed by atoms with van der Waals surface area (Å²) in [6.45, 7) is 9.53. The number of esters is 1. The zero-order chi connectivity index (χ0) is 64.5. The van der Waals surface area contributed by atoms with E-state index in [0.29, 0.717) is 75.2 Å². The molecule has 1 aromatic heterocycles. The van der Waals surface area contributed by atoms with E-state index in [-0.39, 0.29) is 99.9 Å². The summed E-state index contributed by atoms with van der Waals surface area (Å²) in [6.07, 6.45) is 18.3. The summed E-state index contributed by atoms with van der Waals surface area (Å²) in [5.41, 5.74) is 14.2. The maximum absolute atomic E-state index is 16.4. The standard InChI is InChI=1S/C77H92N4O12/c1-6-56(77(90)32-54-46-18-22-76(33-58(46)77)31-40(25-43(85)24-37(2)3)67(87)51-11-9-10-47(54)65(51)76)73(89)92-60-29-53-68(88)63-59(86)28-44(35-82)91-70(63)64-61-50-19-23-79-71(78)62(50)66(75(20-7-8-21-75)30-39-13-14-42(84)27-52(39)55(61)36-83)49-17-16-45-41(26-57(49)74(60,5)93-69(53)64)34-80-72-48(45)15-12-38(4)81-72/h6,9-15,19,27-28,34,37-38,40,43,46,49,54-55,57-58,60-61,66-67,72,79-85,87-88,90H,7-8,16-18,20-26,29-33,35-36,78H2,1-5H3. The number of phenols is 2. The highest BCUT2D eigenvalue weighted by atomic mass is 16.6. The number of nitrogens with one attached hydrogen (secondary N) is 3. The molecule has 492 valence electrons. The molecule has 12 N–H and O–H groups in total. The van der Waals surface area contributed by atoms with Gasteiger partial charge in [-0.05, 0) is 224 Å². The number of rotatable bonds is 9. The Kier molecular flexibility index (Phi) is 14.6. The first-order valence-electron chi connectivity index (χ1n) is 34.9. The summed E-state index contributed by atoms with van der Waals surface area (Å²) < 4.78 is 22.3. The summed E-state index contributed by atoms with van der Waals surface area (Å²) in [5.74, 6) is -3.39. The fraction of sp³-hybridized carbons (Fsp3) is 0.558. The van der Waals surface area contributed by atoms with Crippen LogP contribution in [0.4, 0.5) is 0 Å². The van der Waals surface area contributed by atoms with E-state index in [4.69, 9.17) is 19.6 Å². The average Bonchev–Trinajstić information content (AvgIpc) is 1.66. The Labute approximate surface area is 543 Å². The van der Waals surface area contributed by atoms with Crippen molar-refractivity contribution in [2.75, 3.05) is 13.2 Å². The third-order valence-electron chi connectivity index (χ3n) is 26.0. The molecule has 16 heteroatoms. The van der Waals surface area contributed by atoms with Crippen molar-refractivity contribution in [3.05, 3.63) is 167 Å². The quantitative estimate of drug-likeness (QED) is 0.0550. The van der Waals surface area contributed by atoms with Crippen molar-refractivity contribution in [1.29, 1.82) is 0 Å². The number of allylic oxidation sites excluding steroid dienone is 5. The molecule has 4 fully saturated rings. The molecule has 8 bridgehead atoms. The van der Waals surface area contributed by atoms with Crippen LogP contribution in [0.5, 0.6) is 17.2 Å². The Morgan fingerprint density at radius 3 is 2.56 bits per heavy atom. The van der Waals surface area contributed by atoms with Crippen LogP contribution >= 0.6 is 0 Å². The van der Waals surface area contributed by atoms with Crippen molar-refractivity contribution < 1.29 is 54.4 Å². The summed E-state index contributed by atoms with van der Waals surface area (Å²) >= 11 is 0. The van der Waals surface area contributed by atoms with Crippen molar-refractivity contribution in [3.63, 3.8) is 0 Å². The van der Waals surface area contributed by atoms with E-state index in [1.54, 1.807) is 18.2 Å². The summed E-state index contributed by atoms with van der Waals surface area (Å²) in [5, 5.41) is 96.7. The van der Waals surface area contributed by atoms with Gasteiger partial charge in [-0.25, -0.2) is 4.79 Å². The highest BCUT2D eigenvalue weighted by Crippen LogP contribution is 2.71. The number of benzene rings is 3. The van der Waals surface area contributed by atoms with Gasteiger partial charge in [0.05, 0.1) is 24.4 Å². The smallest absolute Gasteiger partial charge is 0.337 e. The zero-order valence-electron chi connectivity index (χ0n) is 54.3. The molecular weight excluding hydrogens is 1170 g/mol. The van der Waals surface area contributed by atoms with Gasteiger partial charge in [0.2, 0.25) is 0 Å². The fourth-order valence-electron chi connectivity index (χ4n) is 22.4. The van der Waals surface area contributed by atoms with Gasteiger partial charge in [0, 0.05) is 60.2 Å². The molecule has 17 rings (SSSR count). The number of ether oxygens (including phenoxy) is 2. The SMILES string of the molecule is CC=C(C(=O)OC1Cc2c3c(c4oc(CO)cc(=O)c4c2O)C2C4=CCNC(N)=C4C(C4CCC5=C6C=CC(C)NC6NC=C5CC4C1(C)O3)C1(CCCC1)Cc1ccc(O)cc1C2CO)C1(O)CC2c3cccc4c3C3(CCC2C1C3)CC(CC(O)CC(C)C)C4O. The number of hydrogen-bond donors (Lipinski definition) is 11. The number of phenolic OH excluding ortho intramolecular Hbond substituents is 2. The fourth-order valence-corrected chi connectivity index (χ4v) is 22.4. The second kappa shape index (κ2) is 22.2. The maximum atomic E-state index is 16.4. The number of aliphatic hydroxyl groups excluding tert-OH is 4. The van der Waals surface area contributed by atoms with Gasteiger partial charge in [0.25, 0.3) is 0 Å². The predicted octanol–water partition coefficient (Wildman–Crippen LogP) is 10.1. The lowest BCUT2D eigenvalue weighted by Crippen LogP contribution is -2.60. The van der Waals surface area contributed by atoms with Crippen molar-refractivity contribution in [3.8, 4) is 17.2 Å². The first kappa shape index (κ1) is 61.2. The molecule has 17 atom stereocenters. The molecule has 2 spiro atoms. The van der Waals surface area contributed by atoms with Gasteiger partial charge < -0.3 is 66.0 Å². The van der Waals surface area contributed by atoms with Crippen molar-refractivity contribution in [2.45, 2.75) is 209 Å². The maximum Gasteiger partial charge on any atom is 0.337 e. The normalized spacial score (nSPS) is 36.0. The number of dihydropyridines is 2. The Bertz CT molecular complexity index is 4050. The number of carbonyl (C=O) groups excluding carboxylic acids is 1. The molecular formula is C77H92N4O12. The average molecular weight is 1270 g/mol. The largest absolute Gasteiger partial charge is 0.508 e. The Hall–Kier alpha value is -6.66. The zero-order valence-corrected chi connectivity index (χ0v) is 54.3. The van der Waals surface area contributed by atoms with Gasteiger partial charge in [-0.15, -0.1) is 0 Å². The molecule has 6 heterocycles. The molecule has 8 aliphatic carbocycles. The number of carbonyl (C=O) groups is 1. The van der Waals surface area contributed by atoms with E-state index in [0.717, 1.165) is 77.5 Å². The summed E-state index contributed by atoms with van der Waals surface area (Å²) in [4.78, 5) is 31.4. The third kappa shape index (κ3) is 9.09. The van der Waals surface area contributed by atoms with E-state index in [2.05, 4.69) is 80.2 Å². The van der Waals surface area contributed by atoms with Crippen LogP contribution in [-0.4, -0.2) is 90.5 Å². The van der Waals surface area contributed by atoms with Crippen molar-refractivity contribution in [2.24, 2.45) is 52.6 Å². The highest BCUT2D eigenvalue weighted by Gasteiger charge is 2.67. The number of hydrogen-bond acceptors (Lipinski definition) is 16. The van der Waals surface area contributed by atoms with Crippen LogP contribution in [0.2, 0.25) is 0 Å². The van der Waals surface area contributed by atoms with Gasteiger partial charge in [-0.1, -0.05) is 75.3 Å². The van der Waals surface area contributed by atoms with Crippen LogP contribution in [0.1, 0.15) is 193 Å².